The van der Waals surface area contributed by atoms with Crippen molar-refractivity contribution < 1.29 is 21.9 Å². The first-order valence-electron chi connectivity index (χ1n) is 9.39. The van der Waals surface area contributed by atoms with Crippen LogP contribution in [0.5, 0.6) is 11.6 Å². The molecule has 4 rings (SSSR count). The summed E-state index contributed by atoms with van der Waals surface area (Å²) in [6, 6.07) is 6.04. The second kappa shape index (κ2) is 8.32. The molecule has 0 radical (unpaired) electrons. The van der Waals surface area contributed by atoms with Crippen LogP contribution >= 0.6 is 11.3 Å². The van der Waals surface area contributed by atoms with E-state index in [4.69, 9.17) is 4.74 Å². The molecule has 0 atom stereocenters. The van der Waals surface area contributed by atoms with Gasteiger partial charge in [0.2, 0.25) is 15.9 Å². The molecule has 0 unspecified atom stereocenters. The lowest BCUT2D eigenvalue weighted by Crippen LogP contribution is -2.16. The predicted molar refractivity (Wildman–Crippen MR) is 120 cm³/mol. The molecule has 166 valence electrons. The van der Waals surface area contributed by atoms with Crippen LogP contribution in [0.4, 0.5) is 14.5 Å². The third-order valence-electron chi connectivity index (χ3n) is 4.68. The van der Waals surface area contributed by atoms with Gasteiger partial charge in [-0.05, 0) is 36.6 Å². The lowest BCUT2D eigenvalue weighted by atomic mass is 10.1. The van der Waals surface area contributed by atoms with E-state index in [2.05, 4.69) is 9.71 Å². The zero-order chi connectivity index (χ0) is 23.0. The van der Waals surface area contributed by atoms with Gasteiger partial charge < -0.3 is 9.30 Å². The molecule has 3 aromatic heterocycles. The van der Waals surface area contributed by atoms with Gasteiger partial charge in [0.05, 0.1) is 23.0 Å². The molecule has 4 aromatic rings. The van der Waals surface area contributed by atoms with Crippen LogP contribution in [0.1, 0.15) is 6.92 Å². The summed E-state index contributed by atoms with van der Waals surface area (Å²) < 4.78 is 61.7. The fraction of sp³-hybridized carbons (Fsp3) is 0.143. The summed E-state index contributed by atoms with van der Waals surface area (Å²) in [5.74, 6) is -2.12. The maximum absolute atomic E-state index is 14.2. The monoisotopic (exact) mass is 477 g/mol. The number of nitrogens with zero attached hydrogens (tertiary/aromatic N) is 2. The highest BCUT2D eigenvalue weighted by Gasteiger charge is 2.19. The van der Waals surface area contributed by atoms with Crippen molar-refractivity contribution in [1.29, 1.82) is 0 Å². The van der Waals surface area contributed by atoms with Gasteiger partial charge in [-0.15, -0.1) is 11.3 Å². The van der Waals surface area contributed by atoms with E-state index in [1.165, 1.54) is 35.1 Å². The topological polar surface area (TPSA) is 90.3 Å². The highest BCUT2D eigenvalue weighted by molar-refractivity contribution is 7.92. The summed E-state index contributed by atoms with van der Waals surface area (Å²) in [4.78, 5) is 16.6. The SMILES string of the molecule is CCS(=O)(=O)Nc1cnc(Oc2ccc(F)cc2F)c(-c2cn(C)c(=O)c3ccsc23)c1. The molecule has 0 saturated carbocycles. The van der Waals surface area contributed by atoms with Crippen molar-refractivity contribution in [2.75, 3.05) is 10.5 Å². The summed E-state index contributed by atoms with van der Waals surface area (Å²) in [6.45, 7) is 1.49. The van der Waals surface area contributed by atoms with E-state index in [9.17, 15) is 22.0 Å². The minimum Gasteiger partial charge on any atom is -0.435 e. The average molecular weight is 478 g/mol. The van der Waals surface area contributed by atoms with Crippen LogP contribution < -0.4 is 15.0 Å². The van der Waals surface area contributed by atoms with Crippen LogP contribution in [-0.2, 0) is 17.1 Å². The first-order valence-corrected chi connectivity index (χ1v) is 11.9. The number of aryl methyl sites for hydroxylation is 1. The van der Waals surface area contributed by atoms with Crippen LogP contribution in [0, 0.1) is 11.6 Å². The largest absolute Gasteiger partial charge is 0.435 e. The van der Waals surface area contributed by atoms with E-state index >= 15 is 0 Å². The van der Waals surface area contributed by atoms with Gasteiger partial charge in [0.1, 0.15) is 5.82 Å². The number of pyridine rings is 2. The summed E-state index contributed by atoms with van der Waals surface area (Å²) in [6.07, 6.45) is 2.81. The van der Waals surface area contributed by atoms with Gasteiger partial charge in [-0.25, -0.2) is 22.2 Å². The van der Waals surface area contributed by atoms with Crippen LogP contribution in [0.3, 0.4) is 0 Å². The number of fused-ring (bicyclic) bond motifs is 1. The lowest BCUT2D eigenvalue weighted by Gasteiger charge is -2.15. The molecule has 1 N–H and O–H groups in total. The second-order valence-electron chi connectivity index (χ2n) is 6.88. The number of ether oxygens (including phenoxy) is 1. The quantitative estimate of drug-likeness (QED) is 0.442. The summed E-state index contributed by atoms with van der Waals surface area (Å²) >= 11 is 1.32. The Morgan fingerprint density at radius 2 is 1.97 bits per heavy atom. The molecule has 0 fully saturated rings. The van der Waals surface area contributed by atoms with Gasteiger partial charge in [-0.2, -0.15) is 0 Å². The fourth-order valence-electron chi connectivity index (χ4n) is 3.08. The number of hydrogen-bond donors (Lipinski definition) is 1. The predicted octanol–water partition coefficient (Wildman–Crippen LogP) is 4.49. The van der Waals surface area contributed by atoms with E-state index < -0.39 is 21.7 Å². The van der Waals surface area contributed by atoms with Crippen molar-refractivity contribution >= 4 is 37.1 Å². The van der Waals surface area contributed by atoms with Crippen molar-refractivity contribution in [1.82, 2.24) is 9.55 Å². The Morgan fingerprint density at radius 1 is 1.19 bits per heavy atom. The third-order valence-corrected chi connectivity index (χ3v) is 6.93. The van der Waals surface area contributed by atoms with Crippen molar-refractivity contribution in [3.8, 4) is 22.8 Å². The van der Waals surface area contributed by atoms with Crippen molar-refractivity contribution in [2.24, 2.45) is 7.05 Å². The Labute approximate surface area is 186 Å². The first-order chi connectivity index (χ1) is 15.2. The van der Waals surface area contributed by atoms with Gasteiger partial charge in [0.25, 0.3) is 5.56 Å². The first kappa shape index (κ1) is 21.9. The number of hydrogen-bond acceptors (Lipinski definition) is 6. The number of thiophene rings is 1. The highest BCUT2D eigenvalue weighted by Crippen LogP contribution is 2.39. The standard InChI is InChI=1S/C21H17F2N3O4S2/c1-3-32(28,29)25-13-9-15(16-11-26(2)21(27)14-6-7-31-19(14)16)20(24-10-13)30-18-5-4-12(22)8-17(18)23/h4-11,25H,3H2,1-2H3. The maximum Gasteiger partial charge on any atom is 0.259 e. The van der Waals surface area contributed by atoms with E-state index in [-0.39, 0.29) is 28.6 Å². The molecule has 0 amide bonds. The molecular formula is C21H17F2N3O4S2. The number of rotatable bonds is 6. The minimum absolute atomic E-state index is 0.0386. The van der Waals surface area contributed by atoms with Crippen molar-refractivity contribution in [2.45, 2.75) is 6.92 Å². The molecular weight excluding hydrogens is 460 g/mol. The van der Waals surface area contributed by atoms with E-state index in [0.717, 1.165) is 12.1 Å². The van der Waals surface area contributed by atoms with Gasteiger partial charge in [-0.1, -0.05) is 0 Å². The molecule has 0 saturated heterocycles. The number of halogens is 2. The summed E-state index contributed by atoms with van der Waals surface area (Å²) in [5.41, 5.74) is 0.841. The van der Waals surface area contributed by atoms with Crippen molar-refractivity contribution in [3.05, 3.63) is 70.1 Å². The third kappa shape index (κ3) is 4.21. The van der Waals surface area contributed by atoms with E-state index in [1.807, 2.05) is 0 Å². The van der Waals surface area contributed by atoms with Gasteiger partial charge in [-0.3, -0.25) is 9.52 Å². The molecule has 3 heterocycles. The molecule has 0 aliphatic rings. The summed E-state index contributed by atoms with van der Waals surface area (Å²) in [7, 11) is -2.00. The number of aromatic nitrogens is 2. The normalized spacial score (nSPS) is 11.6. The number of benzene rings is 1. The van der Waals surface area contributed by atoms with Crippen LogP contribution in [0.25, 0.3) is 21.2 Å². The molecule has 11 heteroatoms. The van der Waals surface area contributed by atoms with Crippen molar-refractivity contribution in [3.63, 3.8) is 0 Å². The fourth-order valence-corrected chi connectivity index (χ4v) is 4.60. The number of sulfonamides is 1. The average Bonchev–Trinajstić information content (AvgIpc) is 3.24. The summed E-state index contributed by atoms with van der Waals surface area (Å²) in [5, 5.41) is 2.22. The molecule has 0 bridgehead atoms. The highest BCUT2D eigenvalue weighted by atomic mass is 32.2. The van der Waals surface area contributed by atoms with Gasteiger partial charge in [0, 0.05) is 35.1 Å². The maximum atomic E-state index is 14.2. The van der Waals surface area contributed by atoms with Gasteiger partial charge in [0.15, 0.2) is 11.6 Å². The lowest BCUT2D eigenvalue weighted by molar-refractivity contribution is 0.425. The molecule has 0 spiro atoms. The van der Waals surface area contributed by atoms with E-state index in [1.54, 1.807) is 24.7 Å². The van der Waals surface area contributed by atoms with Crippen LogP contribution in [0.15, 0.2) is 52.9 Å². The van der Waals surface area contributed by atoms with Gasteiger partial charge >= 0.3 is 0 Å². The zero-order valence-electron chi connectivity index (χ0n) is 16.9. The molecule has 0 aliphatic heterocycles. The Morgan fingerprint density at radius 3 is 2.69 bits per heavy atom. The Kier molecular flexibility index (Phi) is 5.70. The molecule has 7 nitrogen and oxygen atoms in total. The van der Waals surface area contributed by atoms with E-state index in [0.29, 0.717) is 27.3 Å². The smallest absolute Gasteiger partial charge is 0.259 e. The second-order valence-corrected chi connectivity index (χ2v) is 9.81. The molecule has 1 aromatic carbocycles. The zero-order valence-corrected chi connectivity index (χ0v) is 18.6. The Balaban J connectivity index is 1.93. The van der Waals surface area contributed by atoms with Crippen LogP contribution in [-0.4, -0.2) is 23.7 Å². The minimum atomic E-state index is -3.59. The Bertz CT molecular complexity index is 1500. The Hall–Kier alpha value is -3.31. The molecule has 32 heavy (non-hydrogen) atoms. The molecule has 0 aliphatic carbocycles. The number of anilines is 1. The van der Waals surface area contributed by atoms with Crippen LogP contribution in [0.2, 0.25) is 0 Å². The number of nitrogens with one attached hydrogen (secondary N) is 1.